The molecule has 1 saturated carbocycles. The van der Waals surface area contributed by atoms with E-state index in [1.165, 1.54) is 25.7 Å². The van der Waals surface area contributed by atoms with Crippen molar-refractivity contribution in [3.05, 3.63) is 38.7 Å². The standard InChI is InChI=1S/C15H17ClIN3/c1-10-9-20(12-4-2-3-5-12)15(18-10)19-14-7-6-11(16)8-13(14)17/h6-9,12H,2-5H2,1H3,(H,18,19). The van der Waals surface area contributed by atoms with Gasteiger partial charge in [-0.3, -0.25) is 0 Å². The molecule has 0 atom stereocenters. The Kier molecular flexibility index (Phi) is 4.21. The van der Waals surface area contributed by atoms with Crippen molar-refractivity contribution in [2.45, 2.75) is 38.6 Å². The normalized spacial score (nSPS) is 15.8. The molecule has 0 radical (unpaired) electrons. The first kappa shape index (κ1) is 14.2. The molecular formula is C15H17ClIN3. The molecule has 5 heteroatoms. The number of benzene rings is 1. The second-order valence-corrected chi connectivity index (χ2v) is 6.90. The molecule has 1 aliphatic rings. The number of nitrogens with zero attached hydrogens (tertiary/aromatic N) is 2. The average Bonchev–Trinajstić information content (AvgIpc) is 3.02. The SMILES string of the molecule is Cc1cn(C2CCCC2)c(Nc2ccc(Cl)cc2I)n1. The van der Waals surface area contributed by atoms with E-state index in [2.05, 4.69) is 43.7 Å². The van der Waals surface area contributed by atoms with E-state index in [0.29, 0.717) is 6.04 Å². The summed E-state index contributed by atoms with van der Waals surface area (Å²) in [6.45, 7) is 2.05. The van der Waals surface area contributed by atoms with E-state index < -0.39 is 0 Å². The molecule has 106 valence electrons. The van der Waals surface area contributed by atoms with Crippen molar-refractivity contribution in [2.24, 2.45) is 0 Å². The van der Waals surface area contributed by atoms with Crippen LogP contribution >= 0.6 is 34.2 Å². The predicted octanol–water partition coefficient (Wildman–Crippen LogP) is 5.31. The largest absolute Gasteiger partial charge is 0.325 e. The molecule has 0 spiro atoms. The van der Waals surface area contributed by atoms with Crippen molar-refractivity contribution < 1.29 is 0 Å². The van der Waals surface area contributed by atoms with Crippen LogP contribution in [0.15, 0.2) is 24.4 Å². The molecule has 3 nitrogen and oxygen atoms in total. The Morgan fingerprint density at radius 3 is 2.80 bits per heavy atom. The van der Waals surface area contributed by atoms with Gasteiger partial charge in [0.1, 0.15) is 0 Å². The number of imidazole rings is 1. The summed E-state index contributed by atoms with van der Waals surface area (Å²) in [5.74, 6) is 0.939. The van der Waals surface area contributed by atoms with Gasteiger partial charge in [-0.2, -0.15) is 0 Å². The Hall–Kier alpha value is -0.750. The number of hydrogen-bond acceptors (Lipinski definition) is 2. The Labute approximate surface area is 137 Å². The van der Waals surface area contributed by atoms with Crippen LogP contribution in [-0.2, 0) is 0 Å². The molecule has 0 unspecified atom stereocenters. The van der Waals surface area contributed by atoms with Gasteiger partial charge in [-0.1, -0.05) is 24.4 Å². The molecule has 3 rings (SSSR count). The van der Waals surface area contributed by atoms with Gasteiger partial charge in [-0.15, -0.1) is 0 Å². The second kappa shape index (κ2) is 5.93. The van der Waals surface area contributed by atoms with E-state index in [-0.39, 0.29) is 0 Å². The van der Waals surface area contributed by atoms with Crippen LogP contribution in [-0.4, -0.2) is 9.55 Å². The third-order valence-electron chi connectivity index (χ3n) is 3.75. The van der Waals surface area contributed by atoms with Crippen LogP contribution in [0.4, 0.5) is 11.6 Å². The number of aromatic nitrogens is 2. The van der Waals surface area contributed by atoms with Crippen molar-refractivity contribution in [3.8, 4) is 0 Å². The number of anilines is 2. The van der Waals surface area contributed by atoms with Gasteiger partial charge in [-0.05, 0) is 60.6 Å². The van der Waals surface area contributed by atoms with E-state index in [1.807, 2.05) is 25.1 Å². The smallest absolute Gasteiger partial charge is 0.207 e. The lowest BCUT2D eigenvalue weighted by Crippen LogP contribution is -2.08. The van der Waals surface area contributed by atoms with Crippen LogP contribution in [0.1, 0.15) is 37.4 Å². The Bertz CT molecular complexity index is 618. The summed E-state index contributed by atoms with van der Waals surface area (Å²) < 4.78 is 3.40. The summed E-state index contributed by atoms with van der Waals surface area (Å²) in [6, 6.07) is 6.46. The third kappa shape index (κ3) is 2.96. The highest BCUT2D eigenvalue weighted by Gasteiger charge is 2.20. The topological polar surface area (TPSA) is 29.9 Å². The maximum absolute atomic E-state index is 6.01. The first-order valence-corrected chi connectivity index (χ1v) is 8.37. The molecule has 2 aromatic rings. The van der Waals surface area contributed by atoms with E-state index in [0.717, 1.165) is 25.9 Å². The fraction of sp³-hybridized carbons (Fsp3) is 0.400. The molecular weight excluding hydrogens is 385 g/mol. The van der Waals surface area contributed by atoms with Crippen molar-refractivity contribution in [3.63, 3.8) is 0 Å². The predicted molar refractivity (Wildman–Crippen MR) is 91.9 cm³/mol. The van der Waals surface area contributed by atoms with Crippen molar-refractivity contribution in [1.82, 2.24) is 9.55 Å². The summed E-state index contributed by atoms with van der Waals surface area (Å²) in [5, 5.41) is 4.21. The van der Waals surface area contributed by atoms with Gasteiger partial charge in [-0.25, -0.2) is 4.98 Å². The maximum atomic E-state index is 6.01. The van der Waals surface area contributed by atoms with Crippen molar-refractivity contribution in [2.75, 3.05) is 5.32 Å². The van der Waals surface area contributed by atoms with Gasteiger partial charge in [0.25, 0.3) is 0 Å². The minimum Gasteiger partial charge on any atom is -0.325 e. The Morgan fingerprint density at radius 1 is 1.35 bits per heavy atom. The molecule has 0 bridgehead atoms. The zero-order valence-electron chi connectivity index (χ0n) is 11.4. The second-order valence-electron chi connectivity index (χ2n) is 5.30. The minimum atomic E-state index is 0.587. The molecule has 1 fully saturated rings. The van der Waals surface area contributed by atoms with Crippen LogP contribution in [0.5, 0.6) is 0 Å². The average molecular weight is 402 g/mol. The zero-order valence-corrected chi connectivity index (χ0v) is 14.3. The van der Waals surface area contributed by atoms with E-state index in [1.54, 1.807) is 0 Å². The lowest BCUT2D eigenvalue weighted by Gasteiger charge is -2.16. The van der Waals surface area contributed by atoms with E-state index in [9.17, 15) is 0 Å². The summed E-state index contributed by atoms with van der Waals surface area (Å²) in [6.07, 6.45) is 7.30. The monoisotopic (exact) mass is 401 g/mol. The number of hydrogen-bond donors (Lipinski definition) is 1. The summed E-state index contributed by atoms with van der Waals surface area (Å²) in [5.41, 5.74) is 2.11. The zero-order chi connectivity index (χ0) is 14.1. The highest BCUT2D eigenvalue weighted by Crippen LogP contribution is 2.33. The van der Waals surface area contributed by atoms with Crippen LogP contribution in [0, 0.1) is 10.5 Å². The lowest BCUT2D eigenvalue weighted by molar-refractivity contribution is 0.524. The van der Waals surface area contributed by atoms with Gasteiger partial charge in [0.15, 0.2) is 0 Å². The Balaban J connectivity index is 1.90. The molecule has 1 aliphatic carbocycles. The van der Waals surface area contributed by atoms with Gasteiger partial charge in [0.05, 0.1) is 11.4 Å². The van der Waals surface area contributed by atoms with Crippen molar-refractivity contribution >= 4 is 45.8 Å². The highest BCUT2D eigenvalue weighted by atomic mass is 127. The van der Waals surface area contributed by atoms with Gasteiger partial charge in [0, 0.05) is 20.8 Å². The molecule has 20 heavy (non-hydrogen) atoms. The summed E-state index contributed by atoms with van der Waals surface area (Å²) >= 11 is 8.30. The van der Waals surface area contributed by atoms with Gasteiger partial charge < -0.3 is 9.88 Å². The quantitative estimate of drug-likeness (QED) is 0.707. The summed E-state index contributed by atoms with van der Waals surface area (Å²) in [7, 11) is 0. The molecule has 1 aromatic carbocycles. The fourth-order valence-corrected chi connectivity index (χ4v) is 3.79. The lowest BCUT2D eigenvalue weighted by atomic mass is 10.2. The van der Waals surface area contributed by atoms with Crippen LogP contribution < -0.4 is 5.32 Å². The first-order valence-electron chi connectivity index (χ1n) is 6.91. The number of halogens is 2. The Morgan fingerprint density at radius 2 is 2.10 bits per heavy atom. The summed E-state index contributed by atoms with van der Waals surface area (Å²) in [4.78, 5) is 4.63. The number of rotatable bonds is 3. The van der Waals surface area contributed by atoms with Crippen LogP contribution in [0.25, 0.3) is 0 Å². The third-order valence-corrected chi connectivity index (χ3v) is 4.88. The fourth-order valence-electron chi connectivity index (χ4n) is 2.78. The number of aryl methyl sites for hydroxylation is 1. The molecule has 1 N–H and O–H groups in total. The first-order chi connectivity index (χ1) is 9.63. The van der Waals surface area contributed by atoms with Crippen LogP contribution in [0.2, 0.25) is 5.02 Å². The highest BCUT2D eigenvalue weighted by molar-refractivity contribution is 14.1. The van der Waals surface area contributed by atoms with Gasteiger partial charge in [0.2, 0.25) is 5.95 Å². The van der Waals surface area contributed by atoms with Crippen LogP contribution in [0.3, 0.4) is 0 Å². The minimum absolute atomic E-state index is 0.587. The molecule has 0 aliphatic heterocycles. The maximum Gasteiger partial charge on any atom is 0.207 e. The van der Waals surface area contributed by atoms with Gasteiger partial charge >= 0.3 is 0 Å². The number of nitrogens with one attached hydrogen (secondary N) is 1. The molecule has 0 amide bonds. The molecule has 0 saturated heterocycles. The van der Waals surface area contributed by atoms with E-state index in [4.69, 9.17) is 11.6 Å². The molecule has 1 aromatic heterocycles. The molecule has 1 heterocycles. The van der Waals surface area contributed by atoms with Crippen molar-refractivity contribution in [1.29, 1.82) is 0 Å². The van der Waals surface area contributed by atoms with E-state index >= 15 is 0 Å².